The van der Waals surface area contributed by atoms with E-state index in [1.807, 2.05) is 32.0 Å². The molecule has 0 saturated carbocycles. The smallest absolute Gasteiger partial charge is 0.243 e. The Kier molecular flexibility index (Phi) is 5.06. The van der Waals surface area contributed by atoms with Crippen molar-refractivity contribution in [2.75, 3.05) is 6.54 Å². The summed E-state index contributed by atoms with van der Waals surface area (Å²) in [5.74, 6) is -0.0708. The Hall–Kier alpha value is -1.28. The summed E-state index contributed by atoms with van der Waals surface area (Å²) >= 11 is 5.98. The van der Waals surface area contributed by atoms with Crippen LogP contribution in [0.3, 0.4) is 0 Å². The fourth-order valence-electron chi connectivity index (χ4n) is 1.19. The van der Waals surface area contributed by atoms with Crippen LogP contribution in [-0.2, 0) is 4.79 Å². The van der Waals surface area contributed by atoms with Gasteiger partial charge in [-0.05, 0) is 36.6 Å². The highest BCUT2D eigenvalue weighted by atomic mass is 35.5. The Bertz CT molecular complexity index is 399. The first-order valence-corrected chi connectivity index (χ1v) is 5.73. The number of carbonyl (C=O) groups is 1. The number of hydrogen-bond acceptors (Lipinski definition) is 1. The highest BCUT2D eigenvalue weighted by Crippen LogP contribution is 2.17. The second kappa shape index (κ2) is 6.33. The van der Waals surface area contributed by atoms with Crippen LogP contribution in [0, 0.1) is 6.92 Å². The van der Waals surface area contributed by atoms with Crippen LogP contribution in [0.5, 0.6) is 0 Å². The number of rotatable bonds is 4. The predicted molar refractivity (Wildman–Crippen MR) is 68.5 cm³/mol. The van der Waals surface area contributed by atoms with E-state index in [4.69, 9.17) is 11.6 Å². The number of benzene rings is 1. The lowest BCUT2D eigenvalue weighted by molar-refractivity contribution is -0.116. The van der Waals surface area contributed by atoms with E-state index in [9.17, 15) is 4.79 Å². The Morgan fingerprint density at radius 1 is 1.50 bits per heavy atom. The van der Waals surface area contributed by atoms with Gasteiger partial charge in [0.1, 0.15) is 0 Å². The minimum absolute atomic E-state index is 0.0708. The van der Waals surface area contributed by atoms with Crippen molar-refractivity contribution < 1.29 is 4.79 Å². The fraction of sp³-hybridized carbons (Fsp3) is 0.308. The van der Waals surface area contributed by atoms with Gasteiger partial charge in [0.25, 0.3) is 0 Å². The molecule has 1 aromatic rings. The molecule has 1 rings (SSSR count). The van der Waals surface area contributed by atoms with E-state index in [1.165, 1.54) is 6.08 Å². The lowest BCUT2D eigenvalue weighted by Gasteiger charge is -2.00. The quantitative estimate of drug-likeness (QED) is 0.801. The van der Waals surface area contributed by atoms with E-state index >= 15 is 0 Å². The summed E-state index contributed by atoms with van der Waals surface area (Å²) in [6.45, 7) is 4.67. The molecular weight excluding hydrogens is 222 g/mol. The molecule has 0 saturated heterocycles. The zero-order valence-electron chi connectivity index (χ0n) is 9.59. The zero-order chi connectivity index (χ0) is 12.0. The third kappa shape index (κ3) is 4.07. The van der Waals surface area contributed by atoms with E-state index in [2.05, 4.69) is 5.32 Å². The van der Waals surface area contributed by atoms with Crippen molar-refractivity contribution in [2.45, 2.75) is 20.3 Å². The molecule has 3 heteroatoms. The van der Waals surface area contributed by atoms with Gasteiger partial charge in [-0.3, -0.25) is 4.79 Å². The summed E-state index contributed by atoms with van der Waals surface area (Å²) in [6, 6.07) is 5.72. The topological polar surface area (TPSA) is 29.1 Å². The lowest BCUT2D eigenvalue weighted by atomic mass is 10.1. The maximum atomic E-state index is 11.3. The van der Waals surface area contributed by atoms with Crippen LogP contribution in [0.15, 0.2) is 24.3 Å². The Balaban J connectivity index is 2.62. The van der Waals surface area contributed by atoms with Crippen LogP contribution >= 0.6 is 11.6 Å². The monoisotopic (exact) mass is 237 g/mol. The Morgan fingerprint density at radius 2 is 2.25 bits per heavy atom. The minimum Gasteiger partial charge on any atom is -0.353 e. The molecule has 2 nitrogen and oxygen atoms in total. The number of carbonyl (C=O) groups excluding carboxylic acids is 1. The van der Waals surface area contributed by atoms with Gasteiger partial charge < -0.3 is 5.32 Å². The van der Waals surface area contributed by atoms with Gasteiger partial charge in [-0.15, -0.1) is 0 Å². The molecule has 0 aliphatic carbocycles. The van der Waals surface area contributed by atoms with E-state index in [1.54, 1.807) is 6.08 Å². The summed E-state index contributed by atoms with van der Waals surface area (Å²) in [5.41, 5.74) is 1.97. The Labute approximate surface area is 101 Å². The lowest BCUT2D eigenvalue weighted by Crippen LogP contribution is -2.21. The van der Waals surface area contributed by atoms with Crippen molar-refractivity contribution in [3.05, 3.63) is 40.4 Å². The fourth-order valence-corrected chi connectivity index (χ4v) is 1.38. The van der Waals surface area contributed by atoms with E-state index in [0.29, 0.717) is 6.54 Å². The molecule has 1 aromatic carbocycles. The largest absolute Gasteiger partial charge is 0.353 e. The summed E-state index contributed by atoms with van der Waals surface area (Å²) in [4.78, 5) is 11.3. The highest BCUT2D eigenvalue weighted by molar-refractivity contribution is 6.31. The Morgan fingerprint density at radius 3 is 2.88 bits per heavy atom. The minimum atomic E-state index is -0.0708. The molecule has 0 atom stereocenters. The first kappa shape index (κ1) is 12.8. The van der Waals surface area contributed by atoms with Gasteiger partial charge in [0, 0.05) is 17.6 Å². The van der Waals surface area contributed by atoms with Crippen molar-refractivity contribution in [1.82, 2.24) is 5.32 Å². The molecule has 0 heterocycles. The molecule has 0 aliphatic rings. The van der Waals surface area contributed by atoms with Crippen LogP contribution < -0.4 is 5.32 Å². The molecular formula is C13H16ClNO. The molecule has 0 spiro atoms. The summed E-state index contributed by atoms with van der Waals surface area (Å²) in [5, 5.41) is 3.49. The molecule has 0 aliphatic heterocycles. The molecule has 0 bridgehead atoms. The van der Waals surface area contributed by atoms with Crippen molar-refractivity contribution in [2.24, 2.45) is 0 Å². The normalized spacial score (nSPS) is 10.7. The van der Waals surface area contributed by atoms with Gasteiger partial charge in [0.2, 0.25) is 5.91 Å². The van der Waals surface area contributed by atoms with Crippen molar-refractivity contribution >= 4 is 23.6 Å². The van der Waals surface area contributed by atoms with E-state index in [-0.39, 0.29) is 5.91 Å². The third-order valence-electron chi connectivity index (χ3n) is 2.17. The number of nitrogens with one attached hydrogen (secondary N) is 1. The first-order chi connectivity index (χ1) is 7.63. The van der Waals surface area contributed by atoms with Crippen LogP contribution in [0.4, 0.5) is 0 Å². The predicted octanol–water partition coefficient (Wildman–Crippen LogP) is 3.19. The summed E-state index contributed by atoms with van der Waals surface area (Å²) < 4.78 is 0. The van der Waals surface area contributed by atoms with Crippen LogP contribution in [0.1, 0.15) is 24.5 Å². The number of halogens is 1. The molecule has 0 unspecified atom stereocenters. The van der Waals surface area contributed by atoms with Crippen LogP contribution in [0.2, 0.25) is 5.02 Å². The van der Waals surface area contributed by atoms with E-state index in [0.717, 1.165) is 22.6 Å². The van der Waals surface area contributed by atoms with Gasteiger partial charge in [-0.1, -0.05) is 30.7 Å². The number of amides is 1. The highest BCUT2D eigenvalue weighted by Gasteiger charge is 1.96. The first-order valence-electron chi connectivity index (χ1n) is 5.35. The second-order valence-electron chi connectivity index (χ2n) is 3.63. The van der Waals surface area contributed by atoms with Crippen molar-refractivity contribution in [3.8, 4) is 0 Å². The average molecular weight is 238 g/mol. The second-order valence-corrected chi connectivity index (χ2v) is 4.04. The van der Waals surface area contributed by atoms with Crippen LogP contribution in [0.25, 0.3) is 6.08 Å². The van der Waals surface area contributed by atoms with Crippen LogP contribution in [-0.4, -0.2) is 12.5 Å². The molecule has 0 aromatic heterocycles. The number of aryl methyl sites for hydroxylation is 1. The summed E-state index contributed by atoms with van der Waals surface area (Å²) in [6.07, 6.45) is 4.23. The molecule has 1 amide bonds. The third-order valence-corrected chi connectivity index (χ3v) is 2.58. The van der Waals surface area contributed by atoms with Crippen molar-refractivity contribution in [3.63, 3.8) is 0 Å². The van der Waals surface area contributed by atoms with Gasteiger partial charge in [-0.2, -0.15) is 0 Å². The van der Waals surface area contributed by atoms with Gasteiger partial charge in [-0.25, -0.2) is 0 Å². The standard InChI is InChI=1S/C13H16ClNO/c1-3-8-15-13(16)7-6-11-5-4-10(2)12(14)9-11/h4-7,9H,3,8H2,1-2H3,(H,15,16)/b7-6+. The van der Waals surface area contributed by atoms with Gasteiger partial charge in [0.05, 0.1) is 0 Å². The van der Waals surface area contributed by atoms with Crippen molar-refractivity contribution in [1.29, 1.82) is 0 Å². The SMILES string of the molecule is CCCNC(=O)/C=C/c1ccc(C)c(Cl)c1. The molecule has 1 N–H and O–H groups in total. The molecule has 86 valence electrons. The average Bonchev–Trinajstić information content (AvgIpc) is 2.28. The van der Waals surface area contributed by atoms with Gasteiger partial charge >= 0.3 is 0 Å². The molecule has 0 fully saturated rings. The van der Waals surface area contributed by atoms with Gasteiger partial charge in [0.15, 0.2) is 0 Å². The zero-order valence-corrected chi connectivity index (χ0v) is 10.3. The molecule has 0 radical (unpaired) electrons. The molecule has 16 heavy (non-hydrogen) atoms. The number of hydrogen-bond donors (Lipinski definition) is 1. The maximum Gasteiger partial charge on any atom is 0.243 e. The van der Waals surface area contributed by atoms with E-state index < -0.39 is 0 Å². The maximum absolute atomic E-state index is 11.3. The summed E-state index contributed by atoms with van der Waals surface area (Å²) in [7, 11) is 0.